The highest BCUT2D eigenvalue weighted by Crippen LogP contribution is 2.23. The molecule has 0 bridgehead atoms. The molecule has 7 heteroatoms. The lowest BCUT2D eigenvalue weighted by Gasteiger charge is -2.13. The number of rotatable bonds is 4. The summed E-state index contributed by atoms with van der Waals surface area (Å²) in [5.74, 6) is 5.57. The lowest BCUT2D eigenvalue weighted by atomic mass is 10.1. The number of sulfonamides is 1. The van der Waals surface area contributed by atoms with Crippen molar-refractivity contribution in [1.29, 1.82) is 0 Å². The van der Waals surface area contributed by atoms with Gasteiger partial charge < -0.3 is 5.43 Å². The van der Waals surface area contributed by atoms with Gasteiger partial charge >= 0.3 is 0 Å². The number of benzene rings is 1. The molecule has 0 atom stereocenters. The first-order chi connectivity index (χ1) is 10.1. The number of hydrogen-bond acceptors (Lipinski definition) is 5. The zero-order valence-electron chi connectivity index (χ0n) is 11.3. The van der Waals surface area contributed by atoms with Crippen LogP contribution in [0.4, 0.5) is 5.82 Å². The Labute approximate surface area is 123 Å². The Morgan fingerprint density at radius 3 is 2.43 bits per heavy atom. The molecule has 4 N–H and O–H groups in total. The van der Waals surface area contributed by atoms with Crippen LogP contribution in [0.5, 0.6) is 0 Å². The molecule has 0 amide bonds. The Morgan fingerprint density at radius 1 is 1.14 bits per heavy atom. The van der Waals surface area contributed by atoms with Gasteiger partial charge in [0.15, 0.2) is 0 Å². The van der Waals surface area contributed by atoms with E-state index in [-0.39, 0.29) is 10.9 Å². The average Bonchev–Trinajstić information content (AvgIpc) is 2.88. The Morgan fingerprint density at radius 2 is 1.81 bits per heavy atom. The molecule has 3 rings (SSSR count). The van der Waals surface area contributed by atoms with Crippen molar-refractivity contribution in [2.45, 2.75) is 23.8 Å². The van der Waals surface area contributed by atoms with Gasteiger partial charge in [-0.1, -0.05) is 24.3 Å². The van der Waals surface area contributed by atoms with E-state index in [1.165, 1.54) is 29.5 Å². The third-order valence-corrected chi connectivity index (χ3v) is 5.08. The van der Waals surface area contributed by atoms with Gasteiger partial charge in [0.05, 0.1) is 4.90 Å². The van der Waals surface area contributed by atoms with Crippen LogP contribution in [0.1, 0.15) is 11.1 Å². The van der Waals surface area contributed by atoms with Gasteiger partial charge in [-0.3, -0.25) is 0 Å². The van der Waals surface area contributed by atoms with E-state index in [1.807, 2.05) is 24.3 Å². The first-order valence-electron chi connectivity index (χ1n) is 6.60. The highest BCUT2D eigenvalue weighted by molar-refractivity contribution is 7.89. The number of pyridine rings is 1. The van der Waals surface area contributed by atoms with E-state index in [2.05, 4.69) is 15.1 Å². The van der Waals surface area contributed by atoms with Gasteiger partial charge in [-0.05, 0) is 30.0 Å². The topological polar surface area (TPSA) is 97.1 Å². The Balaban J connectivity index is 1.78. The molecule has 0 fully saturated rings. The van der Waals surface area contributed by atoms with Crippen LogP contribution in [0.2, 0.25) is 0 Å². The monoisotopic (exact) mass is 304 g/mol. The predicted molar refractivity (Wildman–Crippen MR) is 80.0 cm³/mol. The first kappa shape index (κ1) is 14.0. The van der Waals surface area contributed by atoms with E-state index in [1.54, 1.807) is 0 Å². The summed E-state index contributed by atoms with van der Waals surface area (Å²) in [5.41, 5.74) is 4.74. The van der Waals surface area contributed by atoms with Crippen LogP contribution in [0.25, 0.3) is 0 Å². The Bertz CT molecular complexity index is 736. The molecule has 1 aliphatic carbocycles. The number of nitrogen functional groups attached to an aromatic ring is 1. The number of nitrogens with zero attached hydrogens (tertiary/aromatic N) is 1. The number of nitrogens with two attached hydrogens (primary N) is 1. The van der Waals surface area contributed by atoms with Crippen LogP contribution in [0.15, 0.2) is 47.5 Å². The lowest BCUT2D eigenvalue weighted by Crippen LogP contribution is -2.35. The molecule has 0 unspecified atom stereocenters. The molecule has 0 spiro atoms. The molecular weight excluding hydrogens is 288 g/mol. The van der Waals surface area contributed by atoms with Gasteiger partial charge in [-0.15, -0.1) is 0 Å². The number of hydrazine groups is 1. The van der Waals surface area contributed by atoms with Crippen LogP contribution < -0.4 is 16.0 Å². The van der Waals surface area contributed by atoms with Gasteiger partial charge in [0.2, 0.25) is 10.0 Å². The molecule has 0 aliphatic heterocycles. The number of aromatic nitrogens is 1. The minimum absolute atomic E-state index is 0.116. The number of anilines is 1. The van der Waals surface area contributed by atoms with Gasteiger partial charge in [-0.2, -0.15) is 0 Å². The van der Waals surface area contributed by atoms with Crippen LogP contribution in [0.3, 0.4) is 0 Å². The molecule has 1 heterocycles. The van der Waals surface area contributed by atoms with Gasteiger partial charge in [0.25, 0.3) is 0 Å². The number of nitrogens with one attached hydrogen (secondary N) is 2. The quantitative estimate of drug-likeness (QED) is 0.574. The van der Waals surface area contributed by atoms with Crippen molar-refractivity contribution >= 4 is 15.8 Å². The predicted octanol–water partition coefficient (Wildman–Crippen LogP) is 0.813. The fourth-order valence-electron chi connectivity index (χ4n) is 2.59. The fourth-order valence-corrected chi connectivity index (χ4v) is 3.84. The highest BCUT2D eigenvalue weighted by atomic mass is 32.2. The molecule has 1 aromatic carbocycles. The maximum Gasteiger partial charge on any atom is 0.241 e. The molecule has 0 saturated carbocycles. The van der Waals surface area contributed by atoms with Crippen molar-refractivity contribution in [2.75, 3.05) is 5.43 Å². The van der Waals surface area contributed by atoms with Gasteiger partial charge in [0, 0.05) is 18.3 Å². The van der Waals surface area contributed by atoms with Crippen molar-refractivity contribution in [3.05, 3.63) is 53.7 Å². The second-order valence-corrected chi connectivity index (χ2v) is 6.73. The number of hydrogen-bond donors (Lipinski definition) is 3. The molecule has 0 saturated heterocycles. The lowest BCUT2D eigenvalue weighted by molar-refractivity contribution is 0.555. The second kappa shape index (κ2) is 5.44. The van der Waals surface area contributed by atoms with Crippen molar-refractivity contribution in [2.24, 2.45) is 5.84 Å². The molecule has 1 aromatic heterocycles. The minimum atomic E-state index is -3.58. The summed E-state index contributed by atoms with van der Waals surface area (Å²) in [6.07, 6.45) is 2.83. The summed E-state index contributed by atoms with van der Waals surface area (Å²) in [4.78, 5) is 4.06. The Hall–Kier alpha value is -1.96. The maximum atomic E-state index is 12.4. The summed E-state index contributed by atoms with van der Waals surface area (Å²) in [6.45, 7) is 0. The Kier molecular flexibility index (Phi) is 3.62. The summed E-state index contributed by atoms with van der Waals surface area (Å²) in [5, 5.41) is 0. The highest BCUT2D eigenvalue weighted by Gasteiger charge is 2.26. The van der Waals surface area contributed by atoms with E-state index in [4.69, 9.17) is 5.84 Å². The zero-order valence-corrected chi connectivity index (χ0v) is 12.1. The molecular formula is C14H16N4O2S. The van der Waals surface area contributed by atoms with Crippen LogP contribution in [-0.2, 0) is 22.9 Å². The van der Waals surface area contributed by atoms with Crippen molar-refractivity contribution in [3.8, 4) is 0 Å². The van der Waals surface area contributed by atoms with Gasteiger partial charge in [-0.25, -0.2) is 24.0 Å². The molecule has 110 valence electrons. The summed E-state index contributed by atoms with van der Waals surface area (Å²) in [6, 6.07) is 10.7. The van der Waals surface area contributed by atoms with E-state index in [0.717, 1.165) is 0 Å². The first-order valence-corrected chi connectivity index (χ1v) is 8.08. The van der Waals surface area contributed by atoms with Gasteiger partial charge in [0.1, 0.15) is 5.82 Å². The van der Waals surface area contributed by atoms with Crippen molar-refractivity contribution in [1.82, 2.24) is 9.71 Å². The third-order valence-electron chi connectivity index (χ3n) is 3.56. The third kappa shape index (κ3) is 2.90. The SMILES string of the molecule is NNc1cc(S(=O)(=O)NC2Cc3ccccc3C2)ccn1. The van der Waals surface area contributed by atoms with E-state index in [0.29, 0.717) is 18.7 Å². The molecule has 21 heavy (non-hydrogen) atoms. The summed E-state index contributed by atoms with van der Waals surface area (Å²) >= 11 is 0. The molecule has 0 radical (unpaired) electrons. The fraction of sp³-hybridized carbons (Fsp3) is 0.214. The molecule has 6 nitrogen and oxygen atoms in total. The largest absolute Gasteiger partial charge is 0.308 e. The minimum Gasteiger partial charge on any atom is -0.308 e. The smallest absolute Gasteiger partial charge is 0.241 e. The summed E-state index contributed by atoms with van der Waals surface area (Å²) in [7, 11) is -3.58. The van der Waals surface area contributed by atoms with Crippen LogP contribution in [-0.4, -0.2) is 19.4 Å². The average molecular weight is 304 g/mol. The standard InChI is InChI=1S/C14H16N4O2S/c15-17-14-9-13(5-6-16-14)21(19,20)18-12-7-10-3-1-2-4-11(10)8-12/h1-6,9,12,18H,7-8,15H2,(H,16,17). The van der Waals surface area contributed by atoms with E-state index < -0.39 is 10.0 Å². The molecule has 1 aliphatic rings. The van der Waals surface area contributed by atoms with E-state index >= 15 is 0 Å². The maximum absolute atomic E-state index is 12.4. The second-order valence-electron chi connectivity index (χ2n) is 5.02. The normalized spacial score (nSPS) is 14.9. The number of fused-ring (bicyclic) bond motifs is 1. The van der Waals surface area contributed by atoms with Crippen LogP contribution in [0, 0.1) is 0 Å². The van der Waals surface area contributed by atoms with Crippen LogP contribution >= 0.6 is 0 Å². The zero-order chi connectivity index (χ0) is 14.9. The summed E-state index contributed by atoms with van der Waals surface area (Å²) < 4.78 is 27.5. The molecule has 2 aromatic rings. The van der Waals surface area contributed by atoms with E-state index in [9.17, 15) is 8.42 Å². The van der Waals surface area contributed by atoms with Crippen molar-refractivity contribution in [3.63, 3.8) is 0 Å². The van der Waals surface area contributed by atoms with Crippen molar-refractivity contribution < 1.29 is 8.42 Å².